The first kappa shape index (κ1) is 19.3. The fourth-order valence-electron chi connectivity index (χ4n) is 4.34. The van der Waals surface area contributed by atoms with Gasteiger partial charge in [0.05, 0.1) is 27.0 Å². The van der Waals surface area contributed by atoms with Crippen LogP contribution in [-0.4, -0.2) is 49.0 Å². The van der Waals surface area contributed by atoms with Gasteiger partial charge in [-0.25, -0.2) is 4.98 Å². The van der Waals surface area contributed by atoms with Crippen LogP contribution in [0.15, 0.2) is 36.7 Å². The van der Waals surface area contributed by atoms with E-state index >= 15 is 0 Å². The molecule has 1 aliphatic heterocycles. The fourth-order valence-corrected chi connectivity index (χ4v) is 5.24. The number of carbonyl (C=O) groups excluding carboxylic acids is 1. The van der Waals surface area contributed by atoms with Gasteiger partial charge in [-0.1, -0.05) is 0 Å². The molecule has 1 saturated heterocycles. The summed E-state index contributed by atoms with van der Waals surface area (Å²) in [7, 11) is 0. The molecule has 0 amide bonds. The molecule has 5 aromatic rings. The van der Waals surface area contributed by atoms with Crippen molar-refractivity contribution in [2.75, 3.05) is 13.1 Å². The number of aromatic amines is 2. The van der Waals surface area contributed by atoms with E-state index < -0.39 is 0 Å². The van der Waals surface area contributed by atoms with Crippen LogP contribution in [0, 0.1) is 0 Å². The van der Waals surface area contributed by atoms with Crippen molar-refractivity contribution in [3.05, 3.63) is 47.2 Å². The molecular formula is C23H21N7OS. The number of pyridine rings is 2. The molecule has 32 heavy (non-hydrogen) atoms. The summed E-state index contributed by atoms with van der Waals surface area (Å²) in [4.78, 5) is 30.9. The number of rotatable bonds is 4. The average molecular weight is 444 g/mol. The molecule has 5 aromatic heterocycles. The van der Waals surface area contributed by atoms with E-state index in [1.54, 1.807) is 13.1 Å². The maximum absolute atomic E-state index is 11.7. The fraction of sp³-hybridized carbons (Fsp3) is 0.261. The summed E-state index contributed by atoms with van der Waals surface area (Å²) in [6.07, 6.45) is 5.81. The van der Waals surface area contributed by atoms with Gasteiger partial charge in [-0.05, 0) is 57.1 Å². The molecular weight excluding hydrogens is 422 g/mol. The molecule has 8 nitrogen and oxygen atoms in total. The van der Waals surface area contributed by atoms with Crippen molar-refractivity contribution in [3.8, 4) is 22.1 Å². The van der Waals surface area contributed by atoms with Crippen LogP contribution in [0.3, 0.4) is 0 Å². The Hall–Kier alpha value is -3.43. The number of fused-ring (bicyclic) bond motifs is 2. The number of piperidine rings is 1. The SMILES string of the molecule is CC(=O)c1ccc(-c2nccc3[nH]c(-c4n[nH]c5cnc(C6CCNCC6)cc45)nc23)s1. The number of ketones is 1. The molecule has 9 heteroatoms. The number of H-pyrrole nitrogens is 2. The number of Topliss-reactive ketones (excluding diaryl/α,β-unsaturated/α-hetero) is 1. The molecule has 0 saturated carbocycles. The van der Waals surface area contributed by atoms with Crippen LogP contribution in [0.2, 0.25) is 0 Å². The summed E-state index contributed by atoms with van der Waals surface area (Å²) < 4.78 is 0. The molecule has 0 atom stereocenters. The van der Waals surface area contributed by atoms with E-state index in [-0.39, 0.29) is 5.78 Å². The van der Waals surface area contributed by atoms with Crippen LogP contribution in [-0.2, 0) is 0 Å². The molecule has 3 N–H and O–H groups in total. The highest BCUT2D eigenvalue weighted by Crippen LogP contribution is 2.34. The Bertz CT molecular complexity index is 1460. The first-order chi connectivity index (χ1) is 15.7. The smallest absolute Gasteiger partial charge is 0.169 e. The summed E-state index contributed by atoms with van der Waals surface area (Å²) in [5.41, 5.74) is 5.18. The van der Waals surface area contributed by atoms with Crippen LogP contribution in [0.1, 0.15) is 41.0 Å². The second kappa shape index (κ2) is 7.61. The number of hydrogen-bond acceptors (Lipinski definition) is 7. The largest absolute Gasteiger partial charge is 0.336 e. The van der Waals surface area contributed by atoms with Gasteiger partial charge in [0, 0.05) is 23.2 Å². The second-order valence-electron chi connectivity index (χ2n) is 8.11. The van der Waals surface area contributed by atoms with Gasteiger partial charge in [0.1, 0.15) is 16.9 Å². The van der Waals surface area contributed by atoms with E-state index in [1.807, 2.05) is 24.4 Å². The molecule has 6 heterocycles. The van der Waals surface area contributed by atoms with Crippen LogP contribution in [0.5, 0.6) is 0 Å². The molecule has 160 valence electrons. The van der Waals surface area contributed by atoms with Crippen molar-refractivity contribution in [2.24, 2.45) is 0 Å². The molecule has 1 aliphatic rings. The van der Waals surface area contributed by atoms with Crippen molar-refractivity contribution < 1.29 is 4.79 Å². The number of nitrogens with one attached hydrogen (secondary N) is 3. The van der Waals surface area contributed by atoms with Gasteiger partial charge in [0.25, 0.3) is 0 Å². The van der Waals surface area contributed by atoms with Crippen molar-refractivity contribution in [1.82, 2.24) is 35.5 Å². The summed E-state index contributed by atoms with van der Waals surface area (Å²) in [6.45, 7) is 3.62. The highest BCUT2D eigenvalue weighted by Gasteiger charge is 2.20. The van der Waals surface area contributed by atoms with Gasteiger partial charge in [0.15, 0.2) is 11.6 Å². The Labute approximate surface area is 187 Å². The molecule has 0 radical (unpaired) electrons. The van der Waals surface area contributed by atoms with Gasteiger partial charge in [-0.3, -0.25) is 19.9 Å². The predicted molar refractivity (Wildman–Crippen MR) is 125 cm³/mol. The molecule has 0 aliphatic carbocycles. The van der Waals surface area contributed by atoms with Gasteiger partial charge < -0.3 is 10.3 Å². The third-order valence-corrected chi connectivity index (χ3v) is 7.23. The van der Waals surface area contributed by atoms with Crippen LogP contribution in [0.25, 0.3) is 44.0 Å². The summed E-state index contributed by atoms with van der Waals surface area (Å²) >= 11 is 1.43. The van der Waals surface area contributed by atoms with Crippen molar-refractivity contribution in [3.63, 3.8) is 0 Å². The maximum atomic E-state index is 11.7. The lowest BCUT2D eigenvalue weighted by Crippen LogP contribution is -2.27. The number of hydrogen-bond donors (Lipinski definition) is 3. The highest BCUT2D eigenvalue weighted by molar-refractivity contribution is 7.17. The molecule has 0 aromatic carbocycles. The molecule has 0 unspecified atom stereocenters. The number of aromatic nitrogens is 6. The van der Waals surface area contributed by atoms with Crippen molar-refractivity contribution >= 4 is 39.1 Å². The predicted octanol–water partition coefficient (Wildman–Crippen LogP) is 4.29. The monoisotopic (exact) mass is 443 g/mol. The average Bonchev–Trinajstić information content (AvgIpc) is 3.56. The number of carbonyl (C=O) groups is 1. The Morgan fingerprint density at radius 2 is 1.97 bits per heavy atom. The first-order valence-corrected chi connectivity index (χ1v) is 11.5. The minimum atomic E-state index is 0.0531. The molecule has 0 bridgehead atoms. The first-order valence-electron chi connectivity index (χ1n) is 10.7. The molecule has 0 spiro atoms. The van der Waals surface area contributed by atoms with E-state index in [1.165, 1.54) is 11.3 Å². The normalized spacial score (nSPS) is 15.0. The maximum Gasteiger partial charge on any atom is 0.169 e. The van der Waals surface area contributed by atoms with E-state index in [0.717, 1.165) is 69.8 Å². The number of nitrogens with zero attached hydrogens (tertiary/aromatic N) is 4. The zero-order valence-corrected chi connectivity index (χ0v) is 18.3. The minimum absolute atomic E-state index is 0.0531. The van der Waals surface area contributed by atoms with Gasteiger partial charge in [-0.2, -0.15) is 5.10 Å². The summed E-state index contributed by atoms with van der Waals surface area (Å²) in [5.74, 6) is 1.20. The Kier molecular flexibility index (Phi) is 4.58. The third kappa shape index (κ3) is 3.21. The van der Waals surface area contributed by atoms with Crippen LogP contribution in [0.4, 0.5) is 0 Å². The van der Waals surface area contributed by atoms with Crippen LogP contribution >= 0.6 is 11.3 Å². The van der Waals surface area contributed by atoms with Crippen molar-refractivity contribution in [1.29, 1.82) is 0 Å². The lowest BCUT2D eigenvalue weighted by atomic mass is 9.93. The molecule has 6 rings (SSSR count). The molecule has 1 fully saturated rings. The lowest BCUT2D eigenvalue weighted by molar-refractivity contribution is 0.102. The zero-order valence-electron chi connectivity index (χ0n) is 17.5. The quantitative estimate of drug-likeness (QED) is 0.357. The minimum Gasteiger partial charge on any atom is -0.336 e. The van der Waals surface area contributed by atoms with E-state index in [9.17, 15) is 4.79 Å². The number of imidazole rings is 1. The van der Waals surface area contributed by atoms with E-state index in [2.05, 4.69) is 36.5 Å². The summed E-state index contributed by atoms with van der Waals surface area (Å²) in [5, 5.41) is 12.1. The Morgan fingerprint density at radius 1 is 1.09 bits per heavy atom. The van der Waals surface area contributed by atoms with Crippen molar-refractivity contribution in [2.45, 2.75) is 25.7 Å². The topological polar surface area (TPSA) is 112 Å². The van der Waals surface area contributed by atoms with E-state index in [0.29, 0.717) is 16.6 Å². The van der Waals surface area contributed by atoms with Crippen LogP contribution < -0.4 is 5.32 Å². The Balaban J connectivity index is 1.44. The van der Waals surface area contributed by atoms with Gasteiger partial charge in [-0.15, -0.1) is 11.3 Å². The highest BCUT2D eigenvalue weighted by atomic mass is 32.1. The lowest BCUT2D eigenvalue weighted by Gasteiger charge is -2.21. The second-order valence-corrected chi connectivity index (χ2v) is 9.20. The number of thiophene rings is 1. The van der Waals surface area contributed by atoms with E-state index in [4.69, 9.17) is 4.98 Å². The zero-order chi connectivity index (χ0) is 21.7. The summed E-state index contributed by atoms with van der Waals surface area (Å²) in [6, 6.07) is 7.83. The van der Waals surface area contributed by atoms with Gasteiger partial charge >= 0.3 is 0 Å². The van der Waals surface area contributed by atoms with Gasteiger partial charge in [0.2, 0.25) is 0 Å². The Morgan fingerprint density at radius 3 is 2.78 bits per heavy atom. The standard InChI is InChI=1S/C23H21N7OS/c1-12(31)18-2-3-19(32-18)22-21-15(6-9-25-22)27-23(28-21)20-14-10-16(13-4-7-24-8-5-13)26-11-17(14)29-30-20/h2-3,6,9-11,13,24H,4-5,7-8H2,1H3,(H,27,28)(H,29,30). The third-order valence-electron chi connectivity index (χ3n) is 6.04.